The standard InChI is InChI=1S/C23H21N5O2/c1-16-21-13-19(14-25-23(21)28(2)27-16)26-22(29)11-8-17-6-9-20(10-7-17)30-15-18-5-3-4-12-24-18/h3-14H,15H2,1-2H3,(H,26,29)/b11-8+. The van der Waals surface area contributed by atoms with Gasteiger partial charge in [0.05, 0.1) is 23.3 Å². The predicted molar refractivity (Wildman–Crippen MR) is 116 cm³/mol. The molecule has 1 amide bonds. The molecule has 3 heterocycles. The summed E-state index contributed by atoms with van der Waals surface area (Å²) in [4.78, 5) is 20.9. The van der Waals surface area contributed by atoms with Crippen LogP contribution in [0.4, 0.5) is 5.69 Å². The van der Waals surface area contributed by atoms with Crippen LogP contribution in [0.3, 0.4) is 0 Å². The Morgan fingerprint density at radius 2 is 2.00 bits per heavy atom. The summed E-state index contributed by atoms with van der Waals surface area (Å²) in [6.45, 7) is 2.33. The van der Waals surface area contributed by atoms with Crippen LogP contribution in [0.25, 0.3) is 17.1 Å². The normalized spacial score (nSPS) is 11.1. The molecule has 0 saturated heterocycles. The SMILES string of the molecule is Cc1nn(C)c2ncc(NC(=O)/C=C/c3ccc(OCc4ccccn4)cc3)cc12. The van der Waals surface area contributed by atoms with Crippen LogP contribution in [0.15, 0.2) is 67.0 Å². The molecule has 1 N–H and O–H groups in total. The molecular formula is C23H21N5O2. The number of aromatic nitrogens is 4. The number of hydrogen-bond donors (Lipinski definition) is 1. The number of nitrogens with one attached hydrogen (secondary N) is 1. The summed E-state index contributed by atoms with van der Waals surface area (Å²) in [7, 11) is 1.85. The van der Waals surface area contributed by atoms with Gasteiger partial charge in [-0.05, 0) is 48.9 Å². The summed E-state index contributed by atoms with van der Waals surface area (Å²) >= 11 is 0. The molecule has 4 aromatic rings. The molecule has 0 saturated carbocycles. The number of fused-ring (bicyclic) bond motifs is 1. The van der Waals surface area contributed by atoms with Crippen molar-refractivity contribution in [3.63, 3.8) is 0 Å². The first kappa shape index (κ1) is 19.3. The van der Waals surface area contributed by atoms with Gasteiger partial charge in [0.2, 0.25) is 5.91 Å². The first-order chi connectivity index (χ1) is 14.6. The molecule has 4 rings (SSSR count). The number of benzene rings is 1. The lowest BCUT2D eigenvalue weighted by atomic mass is 10.2. The Labute approximate surface area is 174 Å². The minimum Gasteiger partial charge on any atom is -0.487 e. The first-order valence-corrected chi connectivity index (χ1v) is 9.50. The highest BCUT2D eigenvalue weighted by Gasteiger charge is 2.08. The van der Waals surface area contributed by atoms with E-state index in [1.54, 1.807) is 23.2 Å². The number of carbonyl (C=O) groups is 1. The third kappa shape index (κ3) is 4.52. The van der Waals surface area contributed by atoms with E-state index >= 15 is 0 Å². The van der Waals surface area contributed by atoms with E-state index < -0.39 is 0 Å². The lowest BCUT2D eigenvalue weighted by Crippen LogP contribution is -2.08. The summed E-state index contributed by atoms with van der Waals surface area (Å²) in [5.41, 5.74) is 4.05. The van der Waals surface area contributed by atoms with Crippen LogP contribution in [-0.4, -0.2) is 25.7 Å². The van der Waals surface area contributed by atoms with Crippen LogP contribution in [0.2, 0.25) is 0 Å². The largest absolute Gasteiger partial charge is 0.487 e. The van der Waals surface area contributed by atoms with Crippen molar-refractivity contribution in [2.45, 2.75) is 13.5 Å². The van der Waals surface area contributed by atoms with Crippen molar-refractivity contribution >= 4 is 28.7 Å². The highest BCUT2D eigenvalue weighted by molar-refractivity contribution is 6.02. The molecule has 1 aromatic carbocycles. The summed E-state index contributed by atoms with van der Waals surface area (Å²) < 4.78 is 7.44. The number of ether oxygens (including phenoxy) is 1. The lowest BCUT2D eigenvalue weighted by molar-refractivity contribution is -0.111. The van der Waals surface area contributed by atoms with Crippen molar-refractivity contribution in [1.82, 2.24) is 19.7 Å². The molecule has 7 heteroatoms. The van der Waals surface area contributed by atoms with E-state index in [0.717, 1.165) is 33.7 Å². The van der Waals surface area contributed by atoms with Gasteiger partial charge in [0.1, 0.15) is 12.4 Å². The van der Waals surface area contributed by atoms with Crippen molar-refractivity contribution < 1.29 is 9.53 Å². The van der Waals surface area contributed by atoms with Crippen LogP contribution in [-0.2, 0) is 18.4 Å². The number of pyridine rings is 2. The number of anilines is 1. The Bertz CT molecular complexity index is 1200. The quantitative estimate of drug-likeness (QED) is 0.497. The summed E-state index contributed by atoms with van der Waals surface area (Å²) in [5.74, 6) is 0.515. The third-order valence-corrected chi connectivity index (χ3v) is 4.55. The Morgan fingerprint density at radius 3 is 2.77 bits per heavy atom. The van der Waals surface area contributed by atoms with Crippen LogP contribution >= 0.6 is 0 Å². The maximum absolute atomic E-state index is 12.3. The number of carbonyl (C=O) groups excluding carboxylic acids is 1. The Morgan fingerprint density at radius 1 is 1.17 bits per heavy atom. The molecule has 0 fully saturated rings. The van der Waals surface area contributed by atoms with E-state index in [1.807, 2.05) is 62.5 Å². The second-order valence-corrected chi connectivity index (χ2v) is 6.81. The highest BCUT2D eigenvalue weighted by atomic mass is 16.5. The summed E-state index contributed by atoms with van der Waals surface area (Å²) in [6.07, 6.45) is 6.61. The van der Waals surface area contributed by atoms with Gasteiger partial charge >= 0.3 is 0 Å². The molecule has 0 spiro atoms. The lowest BCUT2D eigenvalue weighted by Gasteiger charge is -2.05. The number of aryl methyl sites for hydroxylation is 2. The Balaban J connectivity index is 1.35. The number of rotatable bonds is 6. The topological polar surface area (TPSA) is 81.9 Å². The Hall–Kier alpha value is -4.00. The van der Waals surface area contributed by atoms with E-state index in [-0.39, 0.29) is 5.91 Å². The molecule has 3 aromatic heterocycles. The van der Waals surface area contributed by atoms with Gasteiger partial charge in [0.15, 0.2) is 5.65 Å². The van der Waals surface area contributed by atoms with Gasteiger partial charge in [-0.25, -0.2) is 4.98 Å². The second kappa shape index (κ2) is 8.57. The highest BCUT2D eigenvalue weighted by Crippen LogP contribution is 2.19. The molecule has 0 bridgehead atoms. The maximum atomic E-state index is 12.3. The molecule has 0 aliphatic carbocycles. The predicted octanol–water partition coefficient (Wildman–Crippen LogP) is 3.90. The van der Waals surface area contributed by atoms with Gasteiger partial charge in [0, 0.05) is 24.7 Å². The molecule has 30 heavy (non-hydrogen) atoms. The van der Waals surface area contributed by atoms with E-state index in [4.69, 9.17) is 4.74 Å². The van der Waals surface area contributed by atoms with Gasteiger partial charge in [-0.1, -0.05) is 18.2 Å². The van der Waals surface area contributed by atoms with Gasteiger partial charge in [-0.15, -0.1) is 0 Å². The van der Waals surface area contributed by atoms with Crippen LogP contribution in [0.5, 0.6) is 5.75 Å². The smallest absolute Gasteiger partial charge is 0.248 e. The molecule has 7 nitrogen and oxygen atoms in total. The monoisotopic (exact) mass is 399 g/mol. The zero-order chi connectivity index (χ0) is 20.9. The maximum Gasteiger partial charge on any atom is 0.248 e. The van der Waals surface area contributed by atoms with Gasteiger partial charge in [0.25, 0.3) is 0 Å². The molecule has 0 aliphatic rings. The first-order valence-electron chi connectivity index (χ1n) is 9.50. The summed E-state index contributed by atoms with van der Waals surface area (Å²) in [6, 6.07) is 15.1. The van der Waals surface area contributed by atoms with E-state index in [1.165, 1.54) is 6.08 Å². The fourth-order valence-corrected chi connectivity index (χ4v) is 3.05. The zero-order valence-electron chi connectivity index (χ0n) is 16.7. The minimum atomic E-state index is -0.229. The molecule has 0 atom stereocenters. The third-order valence-electron chi connectivity index (χ3n) is 4.55. The van der Waals surface area contributed by atoms with Crippen molar-refractivity contribution in [2.24, 2.45) is 7.05 Å². The van der Waals surface area contributed by atoms with E-state index in [9.17, 15) is 4.79 Å². The molecule has 0 unspecified atom stereocenters. The average molecular weight is 399 g/mol. The molecule has 0 radical (unpaired) electrons. The van der Waals surface area contributed by atoms with Gasteiger partial charge in [-0.2, -0.15) is 5.10 Å². The van der Waals surface area contributed by atoms with Crippen molar-refractivity contribution in [3.05, 3.63) is 84.0 Å². The van der Waals surface area contributed by atoms with Crippen molar-refractivity contribution in [3.8, 4) is 5.75 Å². The number of nitrogens with zero attached hydrogens (tertiary/aromatic N) is 4. The fourth-order valence-electron chi connectivity index (χ4n) is 3.05. The Kier molecular flexibility index (Phi) is 5.52. The van der Waals surface area contributed by atoms with Crippen molar-refractivity contribution in [2.75, 3.05) is 5.32 Å². The van der Waals surface area contributed by atoms with Crippen LogP contribution < -0.4 is 10.1 Å². The van der Waals surface area contributed by atoms with Crippen molar-refractivity contribution in [1.29, 1.82) is 0 Å². The summed E-state index contributed by atoms with van der Waals surface area (Å²) in [5, 5.41) is 8.09. The zero-order valence-corrected chi connectivity index (χ0v) is 16.7. The molecular weight excluding hydrogens is 378 g/mol. The van der Waals surface area contributed by atoms with E-state index in [0.29, 0.717) is 12.3 Å². The second-order valence-electron chi connectivity index (χ2n) is 6.81. The minimum absolute atomic E-state index is 0.229. The van der Waals surface area contributed by atoms with Crippen LogP contribution in [0.1, 0.15) is 17.0 Å². The fraction of sp³-hybridized carbons (Fsp3) is 0.130. The van der Waals surface area contributed by atoms with Crippen LogP contribution in [0, 0.1) is 6.92 Å². The van der Waals surface area contributed by atoms with Gasteiger partial charge in [-0.3, -0.25) is 14.5 Å². The van der Waals surface area contributed by atoms with Gasteiger partial charge < -0.3 is 10.1 Å². The molecule has 150 valence electrons. The number of hydrogen-bond acceptors (Lipinski definition) is 5. The number of amides is 1. The van der Waals surface area contributed by atoms with E-state index in [2.05, 4.69) is 20.4 Å². The molecule has 0 aliphatic heterocycles. The average Bonchev–Trinajstić information content (AvgIpc) is 3.05.